The first-order valence-corrected chi connectivity index (χ1v) is 2.54. The molecule has 64 valence electrons. The Bertz CT molecular complexity index is 157. The van der Waals surface area contributed by atoms with Gasteiger partial charge < -0.3 is 19.8 Å². The molecule has 0 rings (SSSR count). The molecule has 12 heavy (non-hydrogen) atoms. The van der Waals surface area contributed by atoms with Gasteiger partial charge in [-0.15, -0.1) is 0 Å². The molecule has 0 amide bonds. The average molecular weight is 186 g/mol. The molecule has 0 aliphatic carbocycles. The van der Waals surface area contributed by atoms with Crippen molar-refractivity contribution in [1.82, 2.24) is 0 Å². The van der Waals surface area contributed by atoms with Crippen molar-refractivity contribution in [2.75, 3.05) is 6.67 Å². The average Bonchev–Trinajstić information content (AvgIpc) is 1.89. The molecule has 6 heteroatoms. The van der Waals surface area contributed by atoms with Crippen LogP contribution >= 0.6 is 0 Å². The van der Waals surface area contributed by atoms with Crippen molar-refractivity contribution in [2.45, 2.75) is 6.92 Å². The Kier molecular flexibility index (Phi) is 15.1. The van der Waals surface area contributed by atoms with Gasteiger partial charge in [0.1, 0.15) is 6.67 Å². The van der Waals surface area contributed by atoms with Gasteiger partial charge in [-0.2, -0.15) is 0 Å². The number of carboxylic acid groups (broad SMARTS) is 2. The first-order chi connectivity index (χ1) is 4.91. The van der Waals surface area contributed by atoms with Crippen molar-refractivity contribution in [1.29, 1.82) is 0 Å². The van der Waals surface area contributed by atoms with Crippen molar-refractivity contribution in [3.05, 3.63) is 12.2 Å². The molecule has 0 aliphatic heterocycles. The molecule has 0 bridgehead atoms. The summed E-state index contributed by atoms with van der Waals surface area (Å²) in [5.41, 5.74) is 0.0648. The molecule has 0 aliphatic rings. The summed E-state index contributed by atoms with van der Waals surface area (Å²) in [5.74, 6) is -2.85. The molecule has 0 radical (unpaired) electrons. The van der Waals surface area contributed by atoms with Crippen molar-refractivity contribution < 1.29 is 24.2 Å². The molecule has 0 fully saturated rings. The quantitative estimate of drug-likeness (QED) is 0.357. The van der Waals surface area contributed by atoms with Gasteiger partial charge in [-0.3, -0.25) is 0 Å². The summed E-state index contributed by atoms with van der Waals surface area (Å²) >= 11 is 0. The number of carboxylic acids is 2. The summed E-state index contributed by atoms with van der Waals surface area (Å²) in [6.45, 7) is 3.09. The molecule has 0 atom stereocenters. The van der Waals surface area contributed by atoms with E-state index in [0.717, 1.165) is 0 Å². The Hall–Kier alpha value is -0.624. The number of halogens is 1. The van der Waals surface area contributed by atoms with Gasteiger partial charge in [-0.05, 0) is 12.5 Å². The number of hydrogen-bond donors (Lipinski definition) is 0. The van der Waals surface area contributed by atoms with Crippen LogP contribution in [0.1, 0.15) is 6.92 Å². The third-order valence-corrected chi connectivity index (χ3v) is 0.458. The van der Waals surface area contributed by atoms with Gasteiger partial charge in [0.15, 0.2) is 0 Å². The topological polar surface area (TPSA) is 80.3 Å². The summed E-state index contributed by atoms with van der Waals surface area (Å²) in [7, 11) is 0. The Morgan fingerprint density at radius 2 is 1.58 bits per heavy atom. The van der Waals surface area contributed by atoms with E-state index in [-0.39, 0.29) is 28.6 Å². The van der Waals surface area contributed by atoms with Crippen molar-refractivity contribution in [3.8, 4) is 0 Å². The van der Waals surface area contributed by atoms with Crippen LogP contribution in [0.5, 0.6) is 0 Å². The van der Waals surface area contributed by atoms with Gasteiger partial charge in [0.25, 0.3) is 0 Å². The number of hydrogen-bond acceptors (Lipinski definition) is 4. The first kappa shape index (κ1) is 17.5. The van der Waals surface area contributed by atoms with Crippen LogP contribution in [0, 0.1) is 0 Å². The fraction of sp³-hybridized carbons (Fsp3) is 0.333. The van der Waals surface area contributed by atoms with Crippen LogP contribution in [-0.2, 0) is 9.59 Å². The van der Waals surface area contributed by atoms with Gasteiger partial charge in [-0.25, -0.2) is 4.39 Å². The molecular weight excluding hydrogens is 179 g/mol. The predicted molar refractivity (Wildman–Crippen MR) is 36.6 cm³/mol. The van der Waals surface area contributed by atoms with E-state index in [1.807, 2.05) is 0 Å². The molecule has 0 aromatic heterocycles. The molecule has 4 nitrogen and oxygen atoms in total. The molecule has 0 aromatic carbocycles. The number of carbonyl (C=O) groups is 2. The Morgan fingerprint density at radius 3 is 1.58 bits per heavy atom. The number of rotatable bonds is 2. The zero-order chi connectivity index (χ0) is 9.44. The molecule has 0 spiro atoms. The maximum absolute atomic E-state index is 10.5. The third kappa shape index (κ3) is 22.8. The normalized spacial score (nSPS) is 6.83. The van der Waals surface area contributed by atoms with Crippen LogP contribution < -0.4 is 10.2 Å². The van der Waals surface area contributed by atoms with E-state index in [9.17, 15) is 14.3 Å². The van der Waals surface area contributed by atoms with Crippen LogP contribution in [0.4, 0.5) is 4.39 Å². The van der Waals surface area contributed by atoms with Crippen LogP contribution in [0.15, 0.2) is 12.2 Å². The monoisotopic (exact) mass is 186 g/mol. The van der Waals surface area contributed by atoms with E-state index in [4.69, 9.17) is 9.90 Å². The van der Waals surface area contributed by atoms with Crippen LogP contribution in [0.25, 0.3) is 0 Å². The molecule has 0 aromatic rings. The van der Waals surface area contributed by atoms with Gasteiger partial charge in [0, 0.05) is 0 Å². The van der Waals surface area contributed by atoms with Gasteiger partial charge in [0.2, 0.25) is 0 Å². The molecule has 0 unspecified atom stereocenters. The van der Waals surface area contributed by atoms with Crippen molar-refractivity contribution in [3.63, 3.8) is 0 Å². The van der Waals surface area contributed by atoms with Crippen LogP contribution in [-0.4, -0.2) is 41.7 Å². The third-order valence-electron chi connectivity index (χ3n) is 0.458. The van der Waals surface area contributed by atoms with E-state index in [2.05, 4.69) is 6.58 Å². The maximum atomic E-state index is 10.5. The summed E-state index contributed by atoms with van der Waals surface area (Å²) in [4.78, 5) is 18.4. The Morgan fingerprint density at radius 1 is 1.42 bits per heavy atom. The first-order valence-electron chi connectivity index (χ1n) is 2.54. The molecular formula is C6H7FMgO4. The minimum Gasteiger partial charge on any atom is -0.547 e. The summed E-state index contributed by atoms with van der Waals surface area (Å²) in [6, 6.07) is 0. The second-order valence-electron chi connectivity index (χ2n) is 1.57. The maximum Gasteiger partial charge on any atom is 2.00 e. The number of aliphatic carboxylic acids is 2. The minimum atomic E-state index is -1.66. The van der Waals surface area contributed by atoms with Crippen molar-refractivity contribution >= 4 is 35.0 Å². The zero-order valence-corrected chi connectivity index (χ0v) is 8.05. The van der Waals surface area contributed by atoms with E-state index >= 15 is 0 Å². The summed E-state index contributed by atoms with van der Waals surface area (Å²) in [5, 5.41) is 18.4. The van der Waals surface area contributed by atoms with E-state index in [0.29, 0.717) is 0 Å². The second kappa shape index (κ2) is 10.4. The largest absolute Gasteiger partial charge is 2.00 e. The molecule has 0 heterocycles. The molecule has 0 saturated heterocycles. The smallest absolute Gasteiger partial charge is 0.547 e. The minimum absolute atomic E-state index is 0. The summed E-state index contributed by atoms with van der Waals surface area (Å²) in [6.07, 6.45) is 0. The van der Waals surface area contributed by atoms with Crippen molar-refractivity contribution in [2.24, 2.45) is 0 Å². The van der Waals surface area contributed by atoms with Gasteiger partial charge >= 0.3 is 23.1 Å². The van der Waals surface area contributed by atoms with Crippen LogP contribution in [0.3, 0.4) is 0 Å². The SMILES string of the molecule is C=C(C)C(=O)[O-].O=C([O-])CF.[Mg+2]. The molecule has 0 saturated carbocycles. The zero-order valence-electron chi connectivity index (χ0n) is 6.63. The Labute approximate surface area is 85.2 Å². The second-order valence-corrected chi connectivity index (χ2v) is 1.57. The van der Waals surface area contributed by atoms with E-state index < -0.39 is 18.6 Å². The summed E-state index contributed by atoms with van der Waals surface area (Å²) < 4.78 is 10.5. The standard InChI is InChI=1S/C4H6O2.C2H3FO2.Mg/c1-3(2)4(5)6;3-1-2(4)5;/h1H2,2H3,(H,5,6);1H2,(H,4,5);/q;;+2/p-2. The van der Waals surface area contributed by atoms with E-state index in [1.54, 1.807) is 0 Å². The number of carbonyl (C=O) groups excluding carboxylic acids is 2. The fourth-order valence-electron chi connectivity index (χ4n) is 0. The predicted octanol–water partition coefficient (Wildman–Crippen LogP) is -2.36. The fourth-order valence-corrected chi connectivity index (χ4v) is 0. The van der Waals surface area contributed by atoms with Crippen LogP contribution in [0.2, 0.25) is 0 Å². The van der Waals surface area contributed by atoms with E-state index in [1.165, 1.54) is 6.92 Å². The van der Waals surface area contributed by atoms with Gasteiger partial charge in [0.05, 0.1) is 11.9 Å². The van der Waals surface area contributed by atoms with Gasteiger partial charge in [-0.1, -0.05) is 6.58 Å². The number of alkyl halides is 1. The Balaban J connectivity index is -0.000000126. The molecule has 0 N–H and O–H groups in total.